The van der Waals surface area contributed by atoms with E-state index in [1.54, 1.807) is 10.6 Å². The third kappa shape index (κ3) is 2.21. The third-order valence-corrected chi connectivity index (χ3v) is 3.43. The second kappa shape index (κ2) is 5.10. The lowest BCUT2D eigenvalue weighted by atomic mass is 10.1. The standard InChI is InChI=1S/C11H7N3O4S.BrH/c15-9-4-6(3-8(10(9)16)14(17)18)7-5-13-1-2-19-11(13)12-7;/h1-5,15-16H;1H. The number of nitro benzene ring substituents is 1. The van der Waals surface area contributed by atoms with Crippen molar-refractivity contribution in [3.63, 3.8) is 0 Å². The van der Waals surface area contributed by atoms with Gasteiger partial charge in [0, 0.05) is 29.4 Å². The summed E-state index contributed by atoms with van der Waals surface area (Å²) in [7, 11) is 0. The van der Waals surface area contributed by atoms with Gasteiger partial charge in [-0.2, -0.15) is 0 Å². The van der Waals surface area contributed by atoms with Crippen molar-refractivity contribution < 1.29 is 15.1 Å². The van der Waals surface area contributed by atoms with Crippen LogP contribution < -0.4 is 0 Å². The Morgan fingerprint density at radius 3 is 2.75 bits per heavy atom. The summed E-state index contributed by atoms with van der Waals surface area (Å²) < 4.78 is 1.77. The van der Waals surface area contributed by atoms with E-state index in [2.05, 4.69) is 4.98 Å². The van der Waals surface area contributed by atoms with E-state index >= 15 is 0 Å². The number of aromatic hydroxyl groups is 2. The fourth-order valence-electron chi connectivity index (χ4n) is 1.76. The van der Waals surface area contributed by atoms with E-state index in [9.17, 15) is 20.3 Å². The van der Waals surface area contributed by atoms with Gasteiger partial charge in [-0.3, -0.25) is 14.5 Å². The Bertz CT molecular complexity index is 770. The predicted molar refractivity (Wildman–Crippen MR) is 78.8 cm³/mol. The molecule has 0 amide bonds. The number of hydrogen-bond acceptors (Lipinski definition) is 6. The highest BCUT2D eigenvalue weighted by molar-refractivity contribution is 8.93. The van der Waals surface area contributed by atoms with E-state index in [1.165, 1.54) is 23.5 Å². The van der Waals surface area contributed by atoms with Gasteiger partial charge >= 0.3 is 5.69 Å². The third-order valence-electron chi connectivity index (χ3n) is 2.66. The smallest absolute Gasteiger partial charge is 0.315 e. The molecule has 3 rings (SSSR count). The first-order valence-corrected chi connectivity index (χ1v) is 6.07. The van der Waals surface area contributed by atoms with E-state index in [-0.39, 0.29) is 17.0 Å². The van der Waals surface area contributed by atoms with Crippen molar-refractivity contribution in [1.82, 2.24) is 9.38 Å². The molecule has 104 valence electrons. The molecule has 1 aromatic carbocycles. The Morgan fingerprint density at radius 2 is 2.10 bits per heavy atom. The van der Waals surface area contributed by atoms with Crippen LogP contribution in [0.3, 0.4) is 0 Å². The molecule has 0 spiro atoms. The van der Waals surface area contributed by atoms with E-state index < -0.39 is 22.1 Å². The number of halogens is 1. The Morgan fingerprint density at radius 1 is 1.35 bits per heavy atom. The highest BCUT2D eigenvalue weighted by Crippen LogP contribution is 2.39. The summed E-state index contributed by atoms with van der Waals surface area (Å²) in [6.45, 7) is 0. The summed E-state index contributed by atoms with van der Waals surface area (Å²) in [6.07, 6.45) is 3.51. The first-order chi connectivity index (χ1) is 9.06. The van der Waals surface area contributed by atoms with E-state index in [0.29, 0.717) is 11.3 Å². The van der Waals surface area contributed by atoms with Crippen molar-refractivity contribution in [2.75, 3.05) is 0 Å². The van der Waals surface area contributed by atoms with Crippen LogP contribution in [0.2, 0.25) is 0 Å². The maximum atomic E-state index is 10.8. The molecule has 2 N–H and O–H groups in total. The number of nitrogens with zero attached hydrogens (tertiary/aromatic N) is 3. The summed E-state index contributed by atoms with van der Waals surface area (Å²) in [4.78, 5) is 15.1. The van der Waals surface area contributed by atoms with E-state index in [0.717, 1.165) is 4.96 Å². The van der Waals surface area contributed by atoms with Crippen molar-refractivity contribution in [3.8, 4) is 22.8 Å². The summed E-state index contributed by atoms with van der Waals surface area (Å²) in [5.41, 5.74) is 0.314. The second-order valence-corrected chi connectivity index (χ2v) is 4.71. The zero-order chi connectivity index (χ0) is 13.6. The van der Waals surface area contributed by atoms with Gasteiger partial charge in [-0.25, -0.2) is 4.98 Å². The minimum absolute atomic E-state index is 0. The molecular formula is C11H8BrN3O4S. The van der Waals surface area contributed by atoms with Gasteiger partial charge in [-0.15, -0.1) is 28.3 Å². The molecular weight excluding hydrogens is 350 g/mol. The Balaban J connectivity index is 0.00000147. The van der Waals surface area contributed by atoms with Crippen molar-refractivity contribution in [2.45, 2.75) is 0 Å². The maximum Gasteiger partial charge on any atom is 0.315 e. The summed E-state index contributed by atoms with van der Waals surface area (Å²) in [6, 6.07) is 2.43. The quantitative estimate of drug-likeness (QED) is 0.417. The summed E-state index contributed by atoms with van der Waals surface area (Å²) in [5.74, 6) is -1.28. The lowest BCUT2D eigenvalue weighted by molar-refractivity contribution is -0.385. The number of thiazole rings is 1. The summed E-state index contributed by atoms with van der Waals surface area (Å²) in [5, 5.41) is 31.6. The SMILES string of the molecule is Br.O=[N+]([O-])c1cc(-c2cn3ccsc3n2)cc(O)c1O. The van der Waals surface area contributed by atoms with Gasteiger partial charge in [0.25, 0.3) is 0 Å². The average Bonchev–Trinajstić information content (AvgIpc) is 2.92. The molecule has 20 heavy (non-hydrogen) atoms. The average molecular weight is 358 g/mol. The molecule has 9 heteroatoms. The van der Waals surface area contributed by atoms with Gasteiger partial charge in [0.2, 0.25) is 5.75 Å². The Hall–Kier alpha value is -2.13. The molecule has 2 heterocycles. The van der Waals surface area contributed by atoms with Crippen LogP contribution in [0.4, 0.5) is 5.69 Å². The van der Waals surface area contributed by atoms with Crippen LogP contribution in [-0.4, -0.2) is 24.5 Å². The van der Waals surface area contributed by atoms with Gasteiger partial charge in [0.05, 0.1) is 10.6 Å². The number of aromatic nitrogens is 2. The van der Waals surface area contributed by atoms with Crippen LogP contribution in [-0.2, 0) is 0 Å². The minimum Gasteiger partial charge on any atom is -0.504 e. The highest BCUT2D eigenvalue weighted by Gasteiger charge is 2.20. The highest BCUT2D eigenvalue weighted by atomic mass is 79.9. The summed E-state index contributed by atoms with van der Waals surface area (Å²) >= 11 is 1.43. The number of phenolic OH excluding ortho intramolecular Hbond substituents is 2. The van der Waals surface area contributed by atoms with Gasteiger partial charge in [0.1, 0.15) is 0 Å². The molecule has 0 unspecified atom stereocenters. The van der Waals surface area contributed by atoms with E-state index in [4.69, 9.17) is 0 Å². The lowest BCUT2D eigenvalue weighted by Crippen LogP contribution is -1.90. The zero-order valence-corrected chi connectivity index (χ0v) is 12.3. The second-order valence-electron chi connectivity index (χ2n) is 3.84. The number of hydrogen-bond donors (Lipinski definition) is 2. The predicted octanol–water partition coefficient (Wildman–Crippen LogP) is 2.96. The monoisotopic (exact) mass is 357 g/mol. The number of benzene rings is 1. The zero-order valence-electron chi connectivity index (χ0n) is 9.76. The van der Waals surface area contributed by atoms with Crippen molar-refractivity contribution in [3.05, 3.63) is 40.0 Å². The first-order valence-electron chi connectivity index (χ1n) is 5.19. The first kappa shape index (κ1) is 14.3. The van der Waals surface area contributed by atoms with Crippen LogP contribution in [0.1, 0.15) is 0 Å². The van der Waals surface area contributed by atoms with Crippen LogP contribution in [0.25, 0.3) is 16.2 Å². The van der Waals surface area contributed by atoms with Crippen molar-refractivity contribution >= 4 is 39.0 Å². The number of imidazole rings is 1. The minimum atomic E-state index is -0.753. The van der Waals surface area contributed by atoms with Crippen LogP contribution in [0.5, 0.6) is 11.5 Å². The number of fused-ring (bicyclic) bond motifs is 1. The molecule has 0 atom stereocenters. The number of phenols is 2. The normalized spacial score (nSPS) is 10.4. The molecule has 2 aromatic heterocycles. The molecule has 0 radical (unpaired) electrons. The van der Waals surface area contributed by atoms with Gasteiger partial charge in [-0.05, 0) is 6.07 Å². The molecule has 0 bridgehead atoms. The maximum absolute atomic E-state index is 10.8. The van der Waals surface area contributed by atoms with Crippen molar-refractivity contribution in [2.24, 2.45) is 0 Å². The molecule has 0 aliphatic heterocycles. The molecule has 0 aliphatic carbocycles. The molecule has 7 nitrogen and oxygen atoms in total. The topological polar surface area (TPSA) is 101 Å². The molecule has 3 aromatic rings. The van der Waals surface area contributed by atoms with E-state index in [1.807, 2.05) is 11.6 Å². The molecule has 0 saturated heterocycles. The fraction of sp³-hybridized carbons (Fsp3) is 0. The Kier molecular flexibility index (Phi) is 3.64. The van der Waals surface area contributed by atoms with Gasteiger partial charge < -0.3 is 10.2 Å². The molecule has 0 aliphatic rings. The van der Waals surface area contributed by atoms with Crippen LogP contribution in [0, 0.1) is 10.1 Å². The Labute approximate surface area is 126 Å². The molecule has 0 saturated carbocycles. The lowest BCUT2D eigenvalue weighted by Gasteiger charge is -2.02. The fourth-order valence-corrected chi connectivity index (χ4v) is 2.46. The van der Waals surface area contributed by atoms with Gasteiger partial charge in [-0.1, -0.05) is 0 Å². The number of rotatable bonds is 2. The van der Waals surface area contributed by atoms with Crippen LogP contribution >= 0.6 is 28.3 Å². The molecule has 0 fully saturated rings. The largest absolute Gasteiger partial charge is 0.504 e. The van der Waals surface area contributed by atoms with Crippen LogP contribution in [0.15, 0.2) is 29.9 Å². The van der Waals surface area contributed by atoms with Gasteiger partial charge in [0.15, 0.2) is 10.7 Å². The number of nitro groups is 1. The van der Waals surface area contributed by atoms with Crippen molar-refractivity contribution in [1.29, 1.82) is 0 Å².